The Hall–Kier alpha value is -1.27. The summed E-state index contributed by atoms with van der Waals surface area (Å²) in [5.41, 5.74) is -2.35. The standard InChI is InChI=1S/C12H12F3NO2.ClH/c13-12(14,15)11(10(17)18)7-16-6-9(11)8-4-2-1-3-5-8;/h1-5,9,16H,6-7H2,(H,17,18);1H. The molecule has 19 heavy (non-hydrogen) atoms. The molecule has 1 fully saturated rings. The van der Waals surface area contributed by atoms with Crippen LogP contribution in [0.1, 0.15) is 11.5 Å². The third-order valence-electron chi connectivity index (χ3n) is 3.44. The smallest absolute Gasteiger partial charge is 0.406 e. The number of alkyl halides is 3. The maximum Gasteiger partial charge on any atom is 0.406 e. The molecule has 0 spiro atoms. The quantitative estimate of drug-likeness (QED) is 0.881. The number of benzene rings is 1. The molecule has 1 aliphatic heterocycles. The van der Waals surface area contributed by atoms with Crippen LogP contribution in [0.5, 0.6) is 0 Å². The van der Waals surface area contributed by atoms with E-state index in [4.69, 9.17) is 5.11 Å². The summed E-state index contributed by atoms with van der Waals surface area (Å²) in [6.07, 6.45) is -4.79. The molecule has 1 saturated heterocycles. The third kappa shape index (κ3) is 2.42. The Morgan fingerprint density at radius 2 is 1.89 bits per heavy atom. The lowest BCUT2D eigenvalue weighted by molar-refractivity contribution is -0.229. The van der Waals surface area contributed by atoms with E-state index >= 15 is 0 Å². The average molecular weight is 296 g/mol. The number of carbonyl (C=O) groups is 1. The number of halogens is 4. The predicted molar refractivity (Wildman–Crippen MR) is 65.4 cm³/mol. The number of hydrogen-bond donors (Lipinski definition) is 2. The summed E-state index contributed by atoms with van der Waals surface area (Å²) in [5, 5.41) is 11.6. The first kappa shape index (κ1) is 15.8. The molecule has 2 N–H and O–H groups in total. The lowest BCUT2D eigenvalue weighted by Gasteiger charge is -2.32. The van der Waals surface area contributed by atoms with Crippen molar-refractivity contribution in [3.63, 3.8) is 0 Å². The predicted octanol–water partition coefficient (Wildman–Crippen LogP) is 2.43. The van der Waals surface area contributed by atoms with Gasteiger partial charge in [-0.15, -0.1) is 12.4 Å². The molecule has 0 saturated carbocycles. The fourth-order valence-corrected chi connectivity index (χ4v) is 2.44. The first-order chi connectivity index (χ1) is 8.39. The topological polar surface area (TPSA) is 49.3 Å². The summed E-state index contributed by atoms with van der Waals surface area (Å²) >= 11 is 0. The first-order valence-corrected chi connectivity index (χ1v) is 5.45. The van der Waals surface area contributed by atoms with Gasteiger partial charge in [0.2, 0.25) is 0 Å². The molecule has 0 radical (unpaired) electrons. The van der Waals surface area contributed by atoms with Gasteiger partial charge in [-0.2, -0.15) is 13.2 Å². The molecule has 1 aliphatic rings. The summed E-state index contributed by atoms with van der Waals surface area (Å²) in [6.45, 7) is -0.582. The normalized spacial score (nSPS) is 26.8. The minimum absolute atomic E-state index is 0. The van der Waals surface area contributed by atoms with Crippen molar-refractivity contribution in [3.05, 3.63) is 35.9 Å². The zero-order chi connectivity index (χ0) is 13.4. The van der Waals surface area contributed by atoms with E-state index < -0.39 is 30.0 Å². The second kappa shape index (κ2) is 5.38. The lowest BCUT2D eigenvalue weighted by Crippen LogP contribution is -2.50. The molecule has 2 rings (SSSR count). The molecule has 7 heteroatoms. The van der Waals surface area contributed by atoms with Crippen LogP contribution in [0.3, 0.4) is 0 Å². The fourth-order valence-electron chi connectivity index (χ4n) is 2.44. The van der Waals surface area contributed by atoms with Gasteiger partial charge < -0.3 is 10.4 Å². The number of carboxylic acid groups (broad SMARTS) is 1. The second-order valence-corrected chi connectivity index (χ2v) is 4.37. The largest absolute Gasteiger partial charge is 0.481 e. The summed E-state index contributed by atoms with van der Waals surface area (Å²) in [6, 6.07) is 7.96. The van der Waals surface area contributed by atoms with Crippen LogP contribution in [0.15, 0.2) is 30.3 Å². The van der Waals surface area contributed by atoms with Gasteiger partial charge in [-0.1, -0.05) is 30.3 Å². The molecule has 106 valence electrons. The Morgan fingerprint density at radius 3 is 2.37 bits per heavy atom. The zero-order valence-corrected chi connectivity index (χ0v) is 10.6. The van der Waals surface area contributed by atoms with Crippen LogP contribution in [0.4, 0.5) is 13.2 Å². The van der Waals surface area contributed by atoms with Crippen LogP contribution in [0.2, 0.25) is 0 Å². The van der Waals surface area contributed by atoms with Gasteiger partial charge in [0.15, 0.2) is 5.41 Å². The molecular formula is C12H13ClF3NO2. The highest BCUT2D eigenvalue weighted by atomic mass is 35.5. The van der Waals surface area contributed by atoms with Gasteiger partial charge in [-0.05, 0) is 5.56 Å². The molecule has 0 aromatic heterocycles. The molecule has 0 aliphatic carbocycles. The third-order valence-corrected chi connectivity index (χ3v) is 3.44. The number of rotatable bonds is 2. The van der Waals surface area contributed by atoms with E-state index in [9.17, 15) is 18.0 Å². The highest BCUT2D eigenvalue weighted by Gasteiger charge is 2.67. The molecule has 0 bridgehead atoms. The number of hydrogen-bond acceptors (Lipinski definition) is 2. The second-order valence-electron chi connectivity index (χ2n) is 4.37. The van der Waals surface area contributed by atoms with Crippen LogP contribution < -0.4 is 5.32 Å². The van der Waals surface area contributed by atoms with E-state index in [1.165, 1.54) is 12.1 Å². The SMILES string of the molecule is Cl.O=C(O)C1(C(F)(F)F)CNCC1c1ccccc1. The van der Waals surface area contributed by atoms with Crippen LogP contribution >= 0.6 is 12.4 Å². The van der Waals surface area contributed by atoms with E-state index in [0.29, 0.717) is 5.56 Å². The summed E-state index contributed by atoms with van der Waals surface area (Å²) in [5.74, 6) is -2.93. The molecular weight excluding hydrogens is 283 g/mol. The summed E-state index contributed by atoms with van der Waals surface area (Å²) in [7, 11) is 0. The van der Waals surface area contributed by atoms with E-state index in [1.807, 2.05) is 0 Å². The first-order valence-electron chi connectivity index (χ1n) is 5.45. The Bertz CT molecular complexity index is 452. The van der Waals surface area contributed by atoms with Crippen LogP contribution in [0.25, 0.3) is 0 Å². The van der Waals surface area contributed by atoms with Gasteiger partial charge in [0.05, 0.1) is 0 Å². The van der Waals surface area contributed by atoms with Crippen molar-refractivity contribution in [1.29, 1.82) is 0 Å². The summed E-state index contributed by atoms with van der Waals surface area (Å²) < 4.78 is 39.5. The Morgan fingerprint density at radius 1 is 1.32 bits per heavy atom. The van der Waals surface area contributed by atoms with Gasteiger partial charge in [0.25, 0.3) is 0 Å². The van der Waals surface area contributed by atoms with Gasteiger partial charge in [-0.3, -0.25) is 4.79 Å². The minimum Gasteiger partial charge on any atom is -0.481 e. The molecule has 2 atom stereocenters. The van der Waals surface area contributed by atoms with Crippen LogP contribution in [-0.2, 0) is 4.79 Å². The zero-order valence-electron chi connectivity index (χ0n) is 9.78. The van der Waals surface area contributed by atoms with Crippen molar-refractivity contribution in [2.75, 3.05) is 13.1 Å². The maximum atomic E-state index is 13.2. The van der Waals surface area contributed by atoms with Gasteiger partial charge in [-0.25, -0.2) is 0 Å². The lowest BCUT2D eigenvalue weighted by atomic mass is 9.74. The maximum absolute atomic E-state index is 13.2. The van der Waals surface area contributed by atoms with Gasteiger partial charge >= 0.3 is 12.1 Å². The number of nitrogens with one attached hydrogen (secondary N) is 1. The fraction of sp³-hybridized carbons (Fsp3) is 0.417. The van der Waals surface area contributed by atoms with Crippen molar-refractivity contribution in [2.24, 2.45) is 5.41 Å². The van der Waals surface area contributed by atoms with Crippen LogP contribution in [-0.4, -0.2) is 30.3 Å². The highest BCUT2D eigenvalue weighted by molar-refractivity contribution is 5.85. The summed E-state index contributed by atoms with van der Waals surface area (Å²) in [4.78, 5) is 11.2. The molecule has 1 aromatic carbocycles. The molecule has 3 nitrogen and oxygen atoms in total. The molecule has 1 heterocycles. The van der Waals surface area contributed by atoms with Crippen molar-refractivity contribution in [3.8, 4) is 0 Å². The van der Waals surface area contributed by atoms with E-state index in [0.717, 1.165) is 0 Å². The minimum atomic E-state index is -4.79. The molecule has 1 aromatic rings. The molecule has 0 amide bonds. The Labute approximate surface area is 114 Å². The van der Waals surface area contributed by atoms with E-state index in [2.05, 4.69) is 5.32 Å². The van der Waals surface area contributed by atoms with E-state index in [1.54, 1.807) is 18.2 Å². The number of aliphatic carboxylic acids is 1. The van der Waals surface area contributed by atoms with Crippen molar-refractivity contribution in [1.82, 2.24) is 5.32 Å². The van der Waals surface area contributed by atoms with Gasteiger partial charge in [0, 0.05) is 19.0 Å². The highest BCUT2D eigenvalue weighted by Crippen LogP contribution is 2.50. The Kier molecular flexibility index (Phi) is 4.47. The van der Waals surface area contributed by atoms with Crippen molar-refractivity contribution >= 4 is 18.4 Å². The monoisotopic (exact) mass is 295 g/mol. The van der Waals surface area contributed by atoms with Crippen LogP contribution in [0, 0.1) is 5.41 Å². The van der Waals surface area contributed by atoms with Crippen molar-refractivity contribution in [2.45, 2.75) is 12.1 Å². The molecule has 2 unspecified atom stereocenters. The van der Waals surface area contributed by atoms with Crippen molar-refractivity contribution < 1.29 is 23.1 Å². The number of carboxylic acids is 1. The Balaban J connectivity index is 0.00000180. The van der Waals surface area contributed by atoms with E-state index in [-0.39, 0.29) is 19.0 Å². The average Bonchev–Trinajstić information content (AvgIpc) is 2.75. The van der Waals surface area contributed by atoms with Gasteiger partial charge in [0.1, 0.15) is 0 Å².